The summed E-state index contributed by atoms with van der Waals surface area (Å²) in [5.74, 6) is 1.05. The highest BCUT2D eigenvalue weighted by Gasteiger charge is 2.23. The SMILES string of the molecule is Cl.NCCC1CCCN(CC(=O)N2CCCCCC2)C1. The van der Waals surface area contributed by atoms with E-state index in [-0.39, 0.29) is 12.4 Å². The van der Waals surface area contributed by atoms with Crippen molar-refractivity contribution in [3.63, 3.8) is 0 Å². The zero-order valence-electron chi connectivity index (χ0n) is 12.6. The van der Waals surface area contributed by atoms with Crippen LogP contribution in [0.15, 0.2) is 0 Å². The standard InChI is InChI=1S/C15H29N3O.ClH/c16-8-7-14-6-5-9-17(12-14)13-15(19)18-10-3-1-2-4-11-18;/h14H,1-13,16H2;1H. The van der Waals surface area contributed by atoms with Crippen molar-refractivity contribution in [1.29, 1.82) is 0 Å². The molecule has 118 valence electrons. The Hall–Kier alpha value is -0.320. The molecule has 4 nitrogen and oxygen atoms in total. The quantitative estimate of drug-likeness (QED) is 0.862. The highest BCUT2D eigenvalue weighted by molar-refractivity contribution is 5.85. The molecule has 2 aliphatic rings. The van der Waals surface area contributed by atoms with Gasteiger partial charge in [0.1, 0.15) is 0 Å². The van der Waals surface area contributed by atoms with E-state index < -0.39 is 0 Å². The lowest BCUT2D eigenvalue weighted by atomic mass is 9.95. The third-order valence-corrected chi connectivity index (χ3v) is 4.50. The molecule has 1 atom stereocenters. The van der Waals surface area contributed by atoms with Crippen LogP contribution in [0.1, 0.15) is 44.9 Å². The zero-order valence-corrected chi connectivity index (χ0v) is 13.4. The number of hydrogen-bond donors (Lipinski definition) is 1. The van der Waals surface area contributed by atoms with Crippen LogP contribution >= 0.6 is 12.4 Å². The van der Waals surface area contributed by atoms with Gasteiger partial charge in [-0.15, -0.1) is 12.4 Å². The smallest absolute Gasteiger partial charge is 0.236 e. The third-order valence-electron chi connectivity index (χ3n) is 4.50. The molecule has 2 rings (SSSR count). The molecule has 2 fully saturated rings. The fraction of sp³-hybridized carbons (Fsp3) is 0.933. The van der Waals surface area contributed by atoms with Crippen molar-refractivity contribution in [2.75, 3.05) is 39.3 Å². The number of nitrogens with two attached hydrogens (primary N) is 1. The van der Waals surface area contributed by atoms with Crippen LogP contribution in [0, 0.1) is 5.92 Å². The summed E-state index contributed by atoms with van der Waals surface area (Å²) in [7, 11) is 0. The maximum Gasteiger partial charge on any atom is 0.236 e. The first-order valence-corrected chi connectivity index (χ1v) is 8.00. The van der Waals surface area contributed by atoms with Crippen molar-refractivity contribution in [2.45, 2.75) is 44.9 Å². The Labute approximate surface area is 129 Å². The average Bonchev–Trinajstić information content (AvgIpc) is 2.68. The molecule has 2 N–H and O–H groups in total. The minimum Gasteiger partial charge on any atom is -0.342 e. The van der Waals surface area contributed by atoms with Crippen molar-refractivity contribution in [1.82, 2.24) is 9.80 Å². The molecule has 0 bridgehead atoms. The van der Waals surface area contributed by atoms with Gasteiger partial charge in [-0.25, -0.2) is 0 Å². The average molecular weight is 304 g/mol. The number of rotatable bonds is 4. The highest BCUT2D eigenvalue weighted by Crippen LogP contribution is 2.19. The number of nitrogens with zero attached hydrogens (tertiary/aromatic N) is 2. The normalized spacial score (nSPS) is 24.9. The molecule has 0 spiro atoms. The molecule has 5 heteroatoms. The number of hydrogen-bond acceptors (Lipinski definition) is 3. The number of carbonyl (C=O) groups excluding carboxylic acids is 1. The van der Waals surface area contributed by atoms with Gasteiger partial charge in [0.15, 0.2) is 0 Å². The van der Waals surface area contributed by atoms with Crippen molar-refractivity contribution in [3.05, 3.63) is 0 Å². The Morgan fingerprint density at radius 2 is 1.75 bits per heavy atom. The molecule has 1 amide bonds. The lowest BCUT2D eigenvalue weighted by Crippen LogP contribution is -2.44. The summed E-state index contributed by atoms with van der Waals surface area (Å²) in [6.07, 6.45) is 8.54. The van der Waals surface area contributed by atoms with E-state index in [0.717, 1.165) is 39.1 Å². The highest BCUT2D eigenvalue weighted by atomic mass is 35.5. The second-order valence-electron chi connectivity index (χ2n) is 6.12. The van der Waals surface area contributed by atoms with Gasteiger partial charge < -0.3 is 10.6 Å². The monoisotopic (exact) mass is 303 g/mol. The van der Waals surface area contributed by atoms with Crippen LogP contribution in [0.5, 0.6) is 0 Å². The van der Waals surface area contributed by atoms with Crippen LogP contribution in [0.25, 0.3) is 0 Å². The minimum atomic E-state index is 0. The second kappa shape index (κ2) is 9.59. The maximum absolute atomic E-state index is 12.3. The molecular weight excluding hydrogens is 274 g/mol. The molecule has 0 aliphatic carbocycles. The molecule has 2 heterocycles. The van der Waals surface area contributed by atoms with Gasteiger partial charge in [0.25, 0.3) is 0 Å². The van der Waals surface area contributed by atoms with Crippen molar-refractivity contribution >= 4 is 18.3 Å². The predicted octanol–water partition coefficient (Wildman–Crippen LogP) is 1.87. The first-order chi connectivity index (χ1) is 9.29. The first-order valence-electron chi connectivity index (χ1n) is 8.00. The Bertz CT molecular complexity index is 278. The number of likely N-dealkylation sites (tertiary alicyclic amines) is 2. The van der Waals surface area contributed by atoms with Crippen molar-refractivity contribution in [3.8, 4) is 0 Å². The molecule has 0 aromatic rings. The summed E-state index contributed by atoms with van der Waals surface area (Å²) < 4.78 is 0. The Morgan fingerprint density at radius 3 is 2.40 bits per heavy atom. The summed E-state index contributed by atoms with van der Waals surface area (Å²) in [4.78, 5) is 16.8. The fourth-order valence-corrected chi connectivity index (χ4v) is 3.38. The van der Waals surface area contributed by atoms with E-state index in [2.05, 4.69) is 9.80 Å². The summed E-state index contributed by atoms with van der Waals surface area (Å²) in [6, 6.07) is 0. The van der Waals surface area contributed by atoms with Gasteiger partial charge >= 0.3 is 0 Å². The summed E-state index contributed by atoms with van der Waals surface area (Å²) in [6.45, 7) is 5.49. The number of amides is 1. The third kappa shape index (κ3) is 5.58. The number of carbonyl (C=O) groups is 1. The van der Waals surface area contributed by atoms with Gasteiger partial charge in [0.2, 0.25) is 5.91 Å². The predicted molar refractivity (Wildman–Crippen MR) is 85.1 cm³/mol. The van der Waals surface area contributed by atoms with Crippen molar-refractivity contribution in [2.24, 2.45) is 11.7 Å². The number of piperidine rings is 1. The van der Waals surface area contributed by atoms with Crippen LogP contribution in [-0.2, 0) is 4.79 Å². The van der Waals surface area contributed by atoms with E-state index >= 15 is 0 Å². The molecular formula is C15H30ClN3O. The van der Waals surface area contributed by atoms with E-state index in [1.807, 2.05) is 0 Å². The number of halogens is 1. The zero-order chi connectivity index (χ0) is 13.5. The topological polar surface area (TPSA) is 49.6 Å². The van der Waals surface area contributed by atoms with E-state index in [0.29, 0.717) is 18.4 Å². The molecule has 0 saturated carbocycles. The molecule has 1 unspecified atom stereocenters. The van der Waals surface area contributed by atoms with Gasteiger partial charge in [-0.05, 0) is 51.1 Å². The Balaban J connectivity index is 0.00000200. The fourth-order valence-electron chi connectivity index (χ4n) is 3.38. The molecule has 0 aromatic carbocycles. The van der Waals surface area contributed by atoms with Gasteiger partial charge in [-0.3, -0.25) is 9.69 Å². The lowest BCUT2D eigenvalue weighted by molar-refractivity contribution is -0.132. The van der Waals surface area contributed by atoms with Crippen LogP contribution in [0.3, 0.4) is 0 Å². The van der Waals surface area contributed by atoms with Gasteiger partial charge in [-0.1, -0.05) is 12.8 Å². The van der Waals surface area contributed by atoms with Crippen LogP contribution in [0.2, 0.25) is 0 Å². The van der Waals surface area contributed by atoms with Crippen LogP contribution < -0.4 is 5.73 Å². The minimum absolute atomic E-state index is 0. The Morgan fingerprint density at radius 1 is 1.05 bits per heavy atom. The van der Waals surface area contributed by atoms with E-state index in [1.165, 1.54) is 38.5 Å². The summed E-state index contributed by atoms with van der Waals surface area (Å²) in [5.41, 5.74) is 5.65. The molecule has 2 aliphatic heterocycles. The van der Waals surface area contributed by atoms with Crippen molar-refractivity contribution < 1.29 is 4.79 Å². The maximum atomic E-state index is 12.3. The van der Waals surface area contributed by atoms with Crippen LogP contribution in [-0.4, -0.2) is 55.0 Å². The van der Waals surface area contributed by atoms with E-state index in [4.69, 9.17) is 5.73 Å². The Kier molecular flexibility index (Phi) is 8.50. The molecule has 0 radical (unpaired) electrons. The summed E-state index contributed by atoms with van der Waals surface area (Å²) >= 11 is 0. The van der Waals surface area contributed by atoms with Crippen LogP contribution in [0.4, 0.5) is 0 Å². The summed E-state index contributed by atoms with van der Waals surface area (Å²) in [5, 5.41) is 0. The lowest BCUT2D eigenvalue weighted by Gasteiger charge is -2.33. The largest absolute Gasteiger partial charge is 0.342 e. The van der Waals surface area contributed by atoms with E-state index in [9.17, 15) is 4.79 Å². The van der Waals surface area contributed by atoms with Gasteiger partial charge in [0.05, 0.1) is 6.54 Å². The molecule has 20 heavy (non-hydrogen) atoms. The first kappa shape index (κ1) is 17.7. The van der Waals surface area contributed by atoms with Gasteiger partial charge in [-0.2, -0.15) is 0 Å². The van der Waals surface area contributed by atoms with E-state index in [1.54, 1.807) is 0 Å². The second-order valence-corrected chi connectivity index (χ2v) is 6.12. The van der Waals surface area contributed by atoms with Gasteiger partial charge in [0, 0.05) is 19.6 Å². The molecule has 0 aromatic heterocycles. The molecule has 2 saturated heterocycles.